The van der Waals surface area contributed by atoms with Gasteiger partial charge in [0.25, 0.3) is 0 Å². The molecule has 4 atom stereocenters. The summed E-state index contributed by atoms with van der Waals surface area (Å²) in [5, 5.41) is 25.4. The third kappa shape index (κ3) is 7.71. The van der Waals surface area contributed by atoms with Crippen LogP contribution in [0.5, 0.6) is 0 Å². The Morgan fingerprint density at radius 1 is 1.00 bits per heavy atom. The highest BCUT2D eigenvalue weighted by molar-refractivity contribution is 7.80. The van der Waals surface area contributed by atoms with Gasteiger partial charge in [0.1, 0.15) is 12.1 Å². The lowest BCUT2D eigenvalue weighted by Gasteiger charge is -2.25. The van der Waals surface area contributed by atoms with Gasteiger partial charge < -0.3 is 31.9 Å². The summed E-state index contributed by atoms with van der Waals surface area (Å²) in [5.41, 5.74) is 5.21. The molecule has 0 heterocycles. The van der Waals surface area contributed by atoms with Crippen LogP contribution in [0.4, 0.5) is 0 Å². The van der Waals surface area contributed by atoms with Gasteiger partial charge in [-0.05, 0) is 12.8 Å². The largest absolute Gasteiger partial charge is 0.480 e. The van der Waals surface area contributed by atoms with Gasteiger partial charge in [-0.1, -0.05) is 13.8 Å². The predicted molar refractivity (Wildman–Crippen MR) is 92.9 cm³/mol. The number of aliphatic carboxylic acids is 1. The second kappa shape index (κ2) is 10.9. The SMILES string of the molecule is CC(C)C(NC(=O)CN)C(=O)NC(CS)C(=O)NC(C(=O)O)C(C)O. The molecule has 0 aliphatic carbocycles. The third-order valence-electron chi connectivity index (χ3n) is 3.31. The lowest BCUT2D eigenvalue weighted by atomic mass is 10.0. The summed E-state index contributed by atoms with van der Waals surface area (Å²) < 4.78 is 0. The summed E-state index contributed by atoms with van der Waals surface area (Å²) >= 11 is 3.97. The maximum atomic E-state index is 12.3. The number of nitrogens with one attached hydrogen (secondary N) is 3. The van der Waals surface area contributed by atoms with Crippen LogP contribution < -0.4 is 21.7 Å². The third-order valence-corrected chi connectivity index (χ3v) is 3.68. The molecule has 0 radical (unpaired) electrons. The fraction of sp³-hybridized carbons (Fsp3) is 0.714. The van der Waals surface area contributed by atoms with Crippen molar-refractivity contribution in [1.29, 1.82) is 0 Å². The molecular weight excluding hydrogens is 352 g/mol. The number of thiol groups is 1. The molecule has 4 unspecified atom stereocenters. The summed E-state index contributed by atoms with van der Waals surface area (Å²) in [6.07, 6.45) is -1.33. The van der Waals surface area contributed by atoms with E-state index in [0.717, 1.165) is 0 Å². The van der Waals surface area contributed by atoms with Crippen LogP contribution >= 0.6 is 12.6 Å². The van der Waals surface area contributed by atoms with Gasteiger partial charge >= 0.3 is 5.97 Å². The molecule has 7 N–H and O–H groups in total. The van der Waals surface area contributed by atoms with Gasteiger partial charge in [-0.15, -0.1) is 0 Å². The Hall–Kier alpha value is -1.85. The summed E-state index contributed by atoms with van der Waals surface area (Å²) in [5.74, 6) is -3.77. The first-order valence-corrected chi connectivity index (χ1v) is 8.30. The quantitative estimate of drug-likeness (QED) is 0.205. The standard InChI is InChI=1S/C14H26N4O6S/c1-6(2)10(17-9(20)4-15)13(22)16-8(5-25)12(21)18-11(7(3)19)14(23)24/h6-8,10-11,19,25H,4-5,15H2,1-3H3,(H,16,22)(H,17,20)(H,18,21)(H,23,24). The Bertz CT molecular complexity index is 500. The fourth-order valence-corrected chi connectivity index (χ4v) is 2.12. The van der Waals surface area contributed by atoms with Crippen molar-refractivity contribution in [2.24, 2.45) is 11.7 Å². The topological polar surface area (TPSA) is 171 Å². The van der Waals surface area contributed by atoms with Crippen molar-refractivity contribution < 1.29 is 29.4 Å². The monoisotopic (exact) mass is 378 g/mol. The molecule has 0 aliphatic heterocycles. The van der Waals surface area contributed by atoms with Crippen LogP contribution in [-0.2, 0) is 19.2 Å². The van der Waals surface area contributed by atoms with Crippen molar-refractivity contribution >= 4 is 36.3 Å². The number of carbonyl (C=O) groups is 4. The van der Waals surface area contributed by atoms with E-state index in [1.807, 2.05) is 0 Å². The zero-order valence-corrected chi connectivity index (χ0v) is 15.2. The molecule has 0 bridgehead atoms. The summed E-state index contributed by atoms with van der Waals surface area (Å²) in [4.78, 5) is 46.9. The van der Waals surface area contributed by atoms with E-state index in [-0.39, 0.29) is 18.2 Å². The molecule has 144 valence electrons. The Morgan fingerprint density at radius 3 is 1.92 bits per heavy atom. The fourth-order valence-electron chi connectivity index (χ4n) is 1.87. The van der Waals surface area contributed by atoms with E-state index >= 15 is 0 Å². The zero-order valence-electron chi connectivity index (χ0n) is 14.4. The molecule has 11 heteroatoms. The number of hydrogen-bond acceptors (Lipinski definition) is 7. The van der Waals surface area contributed by atoms with Gasteiger partial charge in [0.2, 0.25) is 17.7 Å². The van der Waals surface area contributed by atoms with E-state index in [4.69, 9.17) is 10.8 Å². The lowest BCUT2D eigenvalue weighted by molar-refractivity contribution is -0.145. The lowest BCUT2D eigenvalue weighted by Crippen LogP contribution is -2.59. The number of carboxylic acids is 1. The van der Waals surface area contributed by atoms with Crippen molar-refractivity contribution in [2.45, 2.75) is 45.0 Å². The number of nitrogens with two attached hydrogens (primary N) is 1. The van der Waals surface area contributed by atoms with Crippen LogP contribution in [0.2, 0.25) is 0 Å². The van der Waals surface area contributed by atoms with Crippen molar-refractivity contribution in [3.05, 3.63) is 0 Å². The first-order chi connectivity index (χ1) is 11.5. The second-order valence-electron chi connectivity index (χ2n) is 5.80. The Morgan fingerprint density at radius 2 is 1.56 bits per heavy atom. The van der Waals surface area contributed by atoms with Gasteiger partial charge in [-0.3, -0.25) is 14.4 Å². The molecular formula is C14H26N4O6S. The van der Waals surface area contributed by atoms with E-state index in [1.54, 1.807) is 13.8 Å². The number of aliphatic hydroxyl groups is 1. The minimum absolute atomic E-state index is 0.112. The van der Waals surface area contributed by atoms with E-state index < -0.39 is 47.9 Å². The first-order valence-electron chi connectivity index (χ1n) is 7.67. The van der Waals surface area contributed by atoms with E-state index in [0.29, 0.717) is 0 Å². The molecule has 25 heavy (non-hydrogen) atoms. The highest BCUT2D eigenvalue weighted by Crippen LogP contribution is 2.03. The zero-order chi connectivity index (χ0) is 19.7. The van der Waals surface area contributed by atoms with Crippen LogP contribution in [0.25, 0.3) is 0 Å². The second-order valence-corrected chi connectivity index (χ2v) is 6.17. The Kier molecular flexibility index (Phi) is 10.1. The number of rotatable bonds is 10. The number of amides is 3. The Balaban J connectivity index is 5.04. The smallest absolute Gasteiger partial charge is 0.328 e. The molecule has 0 aromatic rings. The van der Waals surface area contributed by atoms with Crippen molar-refractivity contribution in [3.8, 4) is 0 Å². The van der Waals surface area contributed by atoms with Crippen LogP contribution in [0.1, 0.15) is 20.8 Å². The van der Waals surface area contributed by atoms with Gasteiger partial charge in [-0.2, -0.15) is 12.6 Å². The van der Waals surface area contributed by atoms with Gasteiger partial charge in [0.15, 0.2) is 6.04 Å². The van der Waals surface area contributed by atoms with Gasteiger partial charge in [0.05, 0.1) is 12.6 Å². The summed E-state index contributed by atoms with van der Waals surface area (Å²) in [7, 11) is 0. The van der Waals surface area contributed by atoms with Crippen LogP contribution in [0.3, 0.4) is 0 Å². The highest BCUT2D eigenvalue weighted by atomic mass is 32.1. The summed E-state index contributed by atoms with van der Waals surface area (Å²) in [6.45, 7) is 4.32. The molecule has 3 amide bonds. The van der Waals surface area contributed by atoms with E-state index in [2.05, 4.69) is 28.6 Å². The molecule has 10 nitrogen and oxygen atoms in total. The number of hydrogen-bond donors (Lipinski definition) is 7. The minimum atomic E-state index is -1.52. The number of carbonyl (C=O) groups excluding carboxylic acids is 3. The number of aliphatic hydroxyl groups excluding tert-OH is 1. The minimum Gasteiger partial charge on any atom is -0.480 e. The van der Waals surface area contributed by atoms with Crippen molar-refractivity contribution in [3.63, 3.8) is 0 Å². The molecule has 0 aliphatic rings. The molecule has 0 saturated carbocycles. The maximum Gasteiger partial charge on any atom is 0.328 e. The predicted octanol–water partition coefficient (Wildman–Crippen LogP) is -2.55. The summed E-state index contributed by atoms with van der Waals surface area (Å²) in [6, 6.07) is -3.59. The molecule has 0 fully saturated rings. The average molecular weight is 378 g/mol. The molecule has 0 spiro atoms. The molecule has 0 aromatic heterocycles. The van der Waals surface area contributed by atoms with Crippen LogP contribution in [-0.4, -0.2) is 70.4 Å². The van der Waals surface area contributed by atoms with Crippen LogP contribution in [0.15, 0.2) is 0 Å². The first kappa shape index (κ1) is 23.1. The van der Waals surface area contributed by atoms with Crippen molar-refractivity contribution in [2.75, 3.05) is 12.3 Å². The van der Waals surface area contributed by atoms with E-state index in [9.17, 15) is 24.3 Å². The molecule has 0 aromatic carbocycles. The van der Waals surface area contributed by atoms with Gasteiger partial charge in [-0.25, -0.2) is 4.79 Å². The normalized spacial score (nSPS) is 15.6. The number of carboxylic acid groups (broad SMARTS) is 1. The van der Waals surface area contributed by atoms with Crippen molar-refractivity contribution in [1.82, 2.24) is 16.0 Å². The average Bonchev–Trinajstić information content (AvgIpc) is 2.53. The molecule has 0 saturated heterocycles. The maximum absolute atomic E-state index is 12.3. The van der Waals surface area contributed by atoms with Gasteiger partial charge in [0, 0.05) is 5.75 Å². The molecule has 0 rings (SSSR count). The van der Waals surface area contributed by atoms with Crippen LogP contribution in [0, 0.1) is 5.92 Å². The Labute approximate surface area is 151 Å². The highest BCUT2D eigenvalue weighted by Gasteiger charge is 2.31. The van der Waals surface area contributed by atoms with E-state index in [1.165, 1.54) is 6.92 Å².